The Morgan fingerprint density at radius 2 is 1.95 bits per heavy atom. The van der Waals surface area contributed by atoms with E-state index in [1.165, 1.54) is 0 Å². The number of hydrogen-bond acceptors (Lipinski definition) is 3. The number of urea groups is 1. The topological polar surface area (TPSA) is 95.5 Å². The van der Waals surface area contributed by atoms with E-state index in [1.54, 1.807) is 6.26 Å². The number of carbonyl (C=O) groups excluding carboxylic acids is 1. The predicted molar refractivity (Wildman–Crippen MR) is 81.7 cm³/mol. The average Bonchev–Trinajstić information content (AvgIpc) is 2.43. The number of carbonyl (C=O) groups is 2. The van der Waals surface area contributed by atoms with E-state index >= 15 is 0 Å². The van der Waals surface area contributed by atoms with Crippen LogP contribution in [-0.4, -0.2) is 45.9 Å². The Bertz CT molecular complexity index is 493. The lowest BCUT2D eigenvalue weighted by atomic mass is 10.1. The van der Waals surface area contributed by atoms with Crippen LogP contribution in [-0.2, 0) is 22.0 Å². The fourth-order valence-electron chi connectivity index (χ4n) is 1.73. The molecule has 2 unspecified atom stereocenters. The minimum atomic E-state index is -1.07. The van der Waals surface area contributed by atoms with E-state index in [1.807, 2.05) is 30.3 Å². The summed E-state index contributed by atoms with van der Waals surface area (Å²) >= 11 is 0. The second-order valence-electron chi connectivity index (χ2n) is 4.59. The Labute approximate surface area is 126 Å². The van der Waals surface area contributed by atoms with Crippen LogP contribution in [0.15, 0.2) is 30.3 Å². The fraction of sp³-hybridized carbons (Fsp3) is 0.429. The largest absolute Gasteiger partial charge is 0.480 e. The third-order valence-corrected chi connectivity index (χ3v) is 3.62. The highest BCUT2D eigenvalue weighted by atomic mass is 32.2. The van der Waals surface area contributed by atoms with Crippen molar-refractivity contribution in [3.8, 4) is 0 Å². The van der Waals surface area contributed by atoms with Crippen LogP contribution in [0.5, 0.6) is 0 Å². The third kappa shape index (κ3) is 7.45. The molecule has 0 fully saturated rings. The van der Waals surface area contributed by atoms with Crippen LogP contribution in [0.1, 0.15) is 12.0 Å². The van der Waals surface area contributed by atoms with E-state index in [0.29, 0.717) is 18.6 Å². The van der Waals surface area contributed by atoms with Crippen molar-refractivity contribution in [2.24, 2.45) is 0 Å². The van der Waals surface area contributed by atoms with Gasteiger partial charge in [0.15, 0.2) is 0 Å². The lowest BCUT2D eigenvalue weighted by molar-refractivity contribution is -0.139. The Morgan fingerprint density at radius 1 is 1.29 bits per heavy atom. The van der Waals surface area contributed by atoms with E-state index in [2.05, 4.69) is 10.6 Å². The molecule has 0 aliphatic heterocycles. The van der Waals surface area contributed by atoms with Crippen molar-refractivity contribution in [2.75, 3.05) is 18.6 Å². The smallest absolute Gasteiger partial charge is 0.326 e. The number of aliphatic carboxylic acids is 1. The lowest BCUT2D eigenvalue weighted by Crippen LogP contribution is -2.47. The molecule has 0 saturated heterocycles. The highest BCUT2D eigenvalue weighted by Gasteiger charge is 2.19. The van der Waals surface area contributed by atoms with Gasteiger partial charge in [0, 0.05) is 29.4 Å². The van der Waals surface area contributed by atoms with Crippen molar-refractivity contribution in [1.29, 1.82) is 0 Å². The fourth-order valence-corrected chi connectivity index (χ4v) is 2.12. The van der Waals surface area contributed by atoms with Gasteiger partial charge in [0.1, 0.15) is 6.04 Å². The van der Waals surface area contributed by atoms with Crippen molar-refractivity contribution in [3.05, 3.63) is 35.9 Å². The summed E-state index contributed by atoms with van der Waals surface area (Å²) < 4.78 is 10.9. The molecule has 1 rings (SSSR count). The van der Waals surface area contributed by atoms with Gasteiger partial charge < -0.3 is 15.7 Å². The number of rotatable bonds is 8. The van der Waals surface area contributed by atoms with Gasteiger partial charge in [-0.2, -0.15) is 0 Å². The molecule has 0 aliphatic rings. The molecule has 7 heteroatoms. The first-order valence-corrected chi connectivity index (χ1v) is 8.33. The Hall–Kier alpha value is -1.89. The molecular weight excluding hydrogens is 292 g/mol. The minimum absolute atomic E-state index is 0.250. The highest BCUT2D eigenvalue weighted by molar-refractivity contribution is 7.84. The van der Waals surface area contributed by atoms with Crippen molar-refractivity contribution >= 4 is 22.8 Å². The molecule has 0 radical (unpaired) electrons. The molecular formula is C14H20N2O4S. The maximum atomic E-state index is 11.6. The van der Waals surface area contributed by atoms with Gasteiger partial charge in [0.05, 0.1) is 0 Å². The lowest BCUT2D eigenvalue weighted by Gasteiger charge is -2.15. The van der Waals surface area contributed by atoms with Crippen LogP contribution < -0.4 is 10.6 Å². The quantitative estimate of drug-likeness (QED) is 0.660. The number of amides is 2. The molecule has 21 heavy (non-hydrogen) atoms. The van der Waals surface area contributed by atoms with Crippen LogP contribution in [0, 0.1) is 0 Å². The average molecular weight is 312 g/mol. The molecule has 1 aromatic carbocycles. The molecule has 0 saturated carbocycles. The van der Waals surface area contributed by atoms with Gasteiger partial charge in [-0.1, -0.05) is 30.3 Å². The molecule has 6 nitrogen and oxygen atoms in total. The van der Waals surface area contributed by atoms with E-state index in [0.717, 1.165) is 5.56 Å². The van der Waals surface area contributed by atoms with Crippen molar-refractivity contribution in [3.63, 3.8) is 0 Å². The molecule has 1 aromatic rings. The number of hydrogen-bond donors (Lipinski definition) is 3. The second kappa shape index (κ2) is 9.12. The number of benzene rings is 1. The summed E-state index contributed by atoms with van der Waals surface area (Å²) in [6.45, 7) is 0.250. The molecule has 3 N–H and O–H groups in total. The van der Waals surface area contributed by atoms with Gasteiger partial charge in [-0.05, 0) is 18.4 Å². The summed E-state index contributed by atoms with van der Waals surface area (Å²) in [7, 11) is -0.991. The molecule has 0 aromatic heterocycles. The zero-order valence-corrected chi connectivity index (χ0v) is 12.7. The summed E-state index contributed by atoms with van der Waals surface area (Å²) in [5, 5.41) is 14.0. The zero-order valence-electron chi connectivity index (χ0n) is 11.9. The van der Waals surface area contributed by atoms with Gasteiger partial charge in [-0.3, -0.25) is 4.21 Å². The maximum Gasteiger partial charge on any atom is 0.326 e. The SMILES string of the molecule is CS(=O)CCNC(=O)NC(CCc1ccccc1)C(=O)O. The first-order chi connectivity index (χ1) is 9.99. The molecule has 116 valence electrons. The van der Waals surface area contributed by atoms with Crippen molar-refractivity contribution in [2.45, 2.75) is 18.9 Å². The zero-order chi connectivity index (χ0) is 15.7. The standard InChI is InChI=1S/C14H20N2O4S/c1-21(20)10-9-15-14(19)16-12(13(17)18)8-7-11-5-3-2-4-6-11/h2-6,12H,7-10H2,1H3,(H,17,18)(H2,15,16,19). The number of nitrogens with one attached hydrogen (secondary N) is 2. The van der Waals surface area contributed by atoms with Crippen LogP contribution in [0.25, 0.3) is 0 Å². The molecule has 0 aliphatic carbocycles. The molecule has 0 spiro atoms. The first kappa shape index (κ1) is 17.2. The van der Waals surface area contributed by atoms with Crippen molar-refractivity contribution in [1.82, 2.24) is 10.6 Å². The maximum absolute atomic E-state index is 11.6. The summed E-state index contributed by atoms with van der Waals surface area (Å²) in [5.41, 5.74) is 1.02. The monoisotopic (exact) mass is 312 g/mol. The van der Waals surface area contributed by atoms with Crippen LogP contribution in [0.4, 0.5) is 4.79 Å². The summed E-state index contributed by atoms with van der Waals surface area (Å²) in [5.74, 6) is -0.727. The van der Waals surface area contributed by atoms with E-state index < -0.39 is 28.8 Å². The summed E-state index contributed by atoms with van der Waals surface area (Å²) in [4.78, 5) is 22.7. The van der Waals surface area contributed by atoms with Gasteiger partial charge in [0.2, 0.25) is 0 Å². The summed E-state index contributed by atoms with van der Waals surface area (Å²) in [6, 6.07) is 7.98. The van der Waals surface area contributed by atoms with Gasteiger partial charge in [-0.25, -0.2) is 9.59 Å². The second-order valence-corrected chi connectivity index (χ2v) is 6.15. The van der Waals surface area contributed by atoms with Gasteiger partial charge >= 0.3 is 12.0 Å². The summed E-state index contributed by atoms with van der Waals surface area (Å²) in [6.07, 6.45) is 2.42. The van der Waals surface area contributed by atoms with Crippen LogP contribution in [0.2, 0.25) is 0 Å². The van der Waals surface area contributed by atoms with E-state index in [9.17, 15) is 13.8 Å². The van der Waals surface area contributed by atoms with E-state index in [-0.39, 0.29) is 6.54 Å². The molecule has 2 amide bonds. The highest BCUT2D eigenvalue weighted by Crippen LogP contribution is 2.05. The molecule has 0 heterocycles. The van der Waals surface area contributed by atoms with Crippen molar-refractivity contribution < 1.29 is 18.9 Å². The van der Waals surface area contributed by atoms with Crippen LogP contribution >= 0.6 is 0 Å². The minimum Gasteiger partial charge on any atom is -0.480 e. The van der Waals surface area contributed by atoms with Gasteiger partial charge in [-0.15, -0.1) is 0 Å². The van der Waals surface area contributed by atoms with Gasteiger partial charge in [0.25, 0.3) is 0 Å². The normalized spacial score (nSPS) is 13.2. The number of carboxylic acid groups (broad SMARTS) is 1. The predicted octanol–water partition coefficient (Wildman–Crippen LogP) is 0.750. The van der Waals surface area contributed by atoms with E-state index in [4.69, 9.17) is 5.11 Å². The Balaban J connectivity index is 2.41. The molecule has 2 atom stereocenters. The Morgan fingerprint density at radius 3 is 2.52 bits per heavy atom. The third-order valence-electron chi connectivity index (χ3n) is 2.84. The number of carboxylic acids is 1. The van der Waals surface area contributed by atoms with Crippen LogP contribution in [0.3, 0.4) is 0 Å². The Kier molecular flexibility index (Phi) is 7.45. The first-order valence-electron chi connectivity index (χ1n) is 6.60. The molecule has 0 bridgehead atoms. The number of aryl methyl sites for hydroxylation is 1.